The standard InChI is InChI=1S/C2H4F3NO5S2/c1-12(8,9)6(7)13(10,11)2(3,4)5/h6H,1H3. The number of sulfonamides is 2. The van der Waals surface area contributed by atoms with Gasteiger partial charge in [-0.1, -0.05) is 0 Å². The average molecular weight is 243 g/mol. The third-order valence-corrected chi connectivity index (χ3v) is 4.05. The minimum Gasteiger partial charge on any atom is -0.602 e. The summed E-state index contributed by atoms with van der Waals surface area (Å²) in [4.78, 5) is 0. The molecule has 0 spiro atoms. The highest BCUT2D eigenvalue weighted by Gasteiger charge is 2.54. The number of quaternary nitrogens is 1. The van der Waals surface area contributed by atoms with Crippen molar-refractivity contribution in [3.63, 3.8) is 0 Å². The first-order valence-corrected chi connectivity index (χ1v) is 5.83. The lowest BCUT2D eigenvalue weighted by Crippen LogP contribution is -3.12. The molecule has 0 heterocycles. The van der Waals surface area contributed by atoms with Gasteiger partial charge in [-0.15, -0.1) is 0 Å². The van der Waals surface area contributed by atoms with Gasteiger partial charge in [-0.05, 0) is 0 Å². The SMILES string of the molecule is CS(=O)(=O)[NH+]([O-])S(=O)(=O)C(F)(F)F. The van der Waals surface area contributed by atoms with Crippen LogP contribution in [0.15, 0.2) is 0 Å². The molecule has 0 bridgehead atoms. The zero-order valence-corrected chi connectivity index (χ0v) is 7.62. The molecule has 0 aliphatic heterocycles. The van der Waals surface area contributed by atoms with Crippen LogP contribution in [-0.4, -0.2) is 28.6 Å². The van der Waals surface area contributed by atoms with Gasteiger partial charge < -0.3 is 5.21 Å². The van der Waals surface area contributed by atoms with Gasteiger partial charge in [0.1, 0.15) is 0 Å². The molecule has 0 aromatic heterocycles. The number of halogens is 3. The first-order valence-electron chi connectivity index (χ1n) is 2.46. The molecule has 13 heavy (non-hydrogen) atoms. The molecule has 0 aliphatic carbocycles. The van der Waals surface area contributed by atoms with Crippen LogP contribution in [0, 0.1) is 5.21 Å². The highest BCUT2D eigenvalue weighted by molar-refractivity contribution is 7.97. The molecule has 0 aromatic rings. The summed E-state index contributed by atoms with van der Waals surface area (Å²) in [6.07, 6.45) is 0.0820. The van der Waals surface area contributed by atoms with Crippen molar-refractivity contribution in [1.29, 1.82) is 0 Å². The molecule has 0 saturated heterocycles. The fourth-order valence-corrected chi connectivity index (χ4v) is 2.36. The number of hydrogen-bond donors (Lipinski definition) is 1. The molecule has 0 radical (unpaired) electrons. The molecule has 0 amide bonds. The monoisotopic (exact) mass is 243 g/mol. The van der Waals surface area contributed by atoms with Crippen molar-refractivity contribution < 1.29 is 33.9 Å². The van der Waals surface area contributed by atoms with Gasteiger partial charge in [0.25, 0.3) is 0 Å². The minimum atomic E-state index is -6.26. The van der Waals surface area contributed by atoms with Crippen molar-refractivity contribution >= 4 is 20.0 Å². The zero-order valence-electron chi connectivity index (χ0n) is 5.99. The Morgan fingerprint density at radius 2 is 1.46 bits per heavy atom. The maximum atomic E-state index is 11.5. The van der Waals surface area contributed by atoms with E-state index in [1.54, 1.807) is 0 Å². The first-order chi connectivity index (χ1) is 5.40. The van der Waals surface area contributed by atoms with Crippen LogP contribution in [-0.2, 0) is 20.0 Å². The predicted octanol–water partition coefficient (Wildman–Crippen LogP) is -1.82. The molecule has 1 N–H and O–H groups in total. The number of hydrogen-bond acceptors (Lipinski definition) is 5. The number of alkyl halides is 3. The number of nitrogens with one attached hydrogen (secondary N) is 1. The van der Waals surface area contributed by atoms with Gasteiger partial charge >= 0.3 is 25.6 Å². The molecule has 0 aliphatic rings. The van der Waals surface area contributed by atoms with Crippen LogP contribution in [0.3, 0.4) is 0 Å². The minimum absolute atomic E-state index is 0.0820. The first kappa shape index (κ1) is 12.6. The van der Waals surface area contributed by atoms with E-state index in [0.29, 0.717) is 0 Å². The normalized spacial score (nSPS) is 17.0. The summed E-state index contributed by atoms with van der Waals surface area (Å²) in [6, 6.07) is 0. The smallest absolute Gasteiger partial charge is 0.550 e. The lowest BCUT2D eigenvalue weighted by atomic mass is 11.6. The summed E-state index contributed by atoms with van der Waals surface area (Å²) in [6.45, 7) is 0. The van der Waals surface area contributed by atoms with Gasteiger partial charge in [0.05, 0.1) is 6.26 Å². The Morgan fingerprint density at radius 3 is 1.54 bits per heavy atom. The Labute approximate surface area is 71.6 Å². The Kier molecular flexibility index (Phi) is 2.98. The van der Waals surface area contributed by atoms with E-state index in [9.17, 15) is 35.2 Å². The summed E-state index contributed by atoms with van der Waals surface area (Å²) < 4.78 is 72.5. The van der Waals surface area contributed by atoms with Gasteiger partial charge in [-0.25, -0.2) is 0 Å². The lowest BCUT2D eigenvalue weighted by molar-refractivity contribution is -0.554. The quantitative estimate of drug-likeness (QED) is 0.576. The van der Waals surface area contributed by atoms with Crippen LogP contribution in [0.5, 0.6) is 0 Å². The van der Waals surface area contributed by atoms with Crippen molar-refractivity contribution in [2.24, 2.45) is 0 Å². The molecule has 11 heteroatoms. The fraction of sp³-hybridized carbons (Fsp3) is 1.00. The molecule has 0 fully saturated rings. The third-order valence-electron chi connectivity index (χ3n) is 0.827. The molecule has 0 rings (SSSR count). The van der Waals surface area contributed by atoms with E-state index < -0.39 is 29.4 Å². The lowest BCUT2D eigenvalue weighted by Gasteiger charge is -2.19. The van der Waals surface area contributed by atoms with Crippen LogP contribution < -0.4 is 3.87 Å². The summed E-state index contributed by atoms with van der Waals surface area (Å²) in [5.74, 6) is 0. The van der Waals surface area contributed by atoms with Crippen molar-refractivity contribution in [1.82, 2.24) is 0 Å². The van der Waals surface area contributed by atoms with E-state index in [4.69, 9.17) is 0 Å². The average Bonchev–Trinajstić information content (AvgIpc) is 1.81. The topological polar surface area (TPSA) is 95.8 Å². The van der Waals surface area contributed by atoms with E-state index in [-0.39, 0.29) is 6.26 Å². The van der Waals surface area contributed by atoms with E-state index in [0.717, 1.165) is 0 Å². The Balaban J connectivity index is 5.37. The van der Waals surface area contributed by atoms with Gasteiger partial charge in [0, 0.05) is 0 Å². The van der Waals surface area contributed by atoms with Gasteiger partial charge in [0.2, 0.25) is 0 Å². The van der Waals surface area contributed by atoms with Crippen LogP contribution in [0.1, 0.15) is 0 Å². The molecule has 0 aromatic carbocycles. The van der Waals surface area contributed by atoms with E-state index in [2.05, 4.69) is 0 Å². The van der Waals surface area contributed by atoms with Crippen LogP contribution in [0.4, 0.5) is 13.2 Å². The Hall–Kier alpha value is -0.390. The maximum Gasteiger partial charge on any atom is 0.550 e. The largest absolute Gasteiger partial charge is 0.602 e. The van der Waals surface area contributed by atoms with E-state index >= 15 is 0 Å². The van der Waals surface area contributed by atoms with Gasteiger partial charge in [0.15, 0.2) is 0 Å². The molecule has 0 saturated carbocycles. The zero-order chi connectivity index (χ0) is 11.1. The molecule has 1 unspecified atom stereocenters. The highest BCUT2D eigenvalue weighted by Crippen LogP contribution is 2.19. The predicted molar refractivity (Wildman–Crippen MR) is 34.1 cm³/mol. The van der Waals surface area contributed by atoms with Crippen molar-refractivity contribution in [3.05, 3.63) is 5.21 Å². The second-order valence-electron chi connectivity index (χ2n) is 1.97. The fourth-order valence-electron chi connectivity index (χ4n) is 0.294. The van der Waals surface area contributed by atoms with Crippen molar-refractivity contribution in [3.8, 4) is 0 Å². The van der Waals surface area contributed by atoms with Crippen molar-refractivity contribution in [2.75, 3.05) is 6.26 Å². The Morgan fingerprint density at radius 1 is 1.15 bits per heavy atom. The van der Waals surface area contributed by atoms with Crippen LogP contribution in [0.2, 0.25) is 0 Å². The summed E-state index contributed by atoms with van der Waals surface area (Å²) in [5.41, 5.74) is -5.88. The molecular weight excluding hydrogens is 239 g/mol. The second-order valence-corrected chi connectivity index (χ2v) is 5.99. The summed E-state index contributed by atoms with van der Waals surface area (Å²) >= 11 is 0. The highest BCUT2D eigenvalue weighted by atomic mass is 32.3. The molecular formula is C2H4F3NO5S2. The number of rotatable bonds is 2. The van der Waals surface area contributed by atoms with Crippen LogP contribution >= 0.6 is 0 Å². The van der Waals surface area contributed by atoms with E-state index in [1.807, 2.05) is 0 Å². The molecule has 80 valence electrons. The summed E-state index contributed by atoms with van der Waals surface area (Å²) in [7, 11) is -11.2. The van der Waals surface area contributed by atoms with Crippen LogP contribution in [0.25, 0.3) is 0 Å². The molecule has 6 nitrogen and oxygen atoms in total. The van der Waals surface area contributed by atoms with E-state index in [1.165, 1.54) is 0 Å². The third kappa shape index (κ3) is 2.52. The van der Waals surface area contributed by atoms with Crippen molar-refractivity contribution in [2.45, 2.75) is 5.51 Å². The van der Waals surface area contributed by atoms with Gasteiger partial charge in [-0.2, -0.15) is 33.9 Å². The molecule has 1 atom stereocenters. The van der Waals surface area contributed by atoms with Gasteiger partial charge in [-0.3, -0.25) is 0 Å². The second kappa shape index (κ2) is 3.08. The summed E-state index contributed by atoms with van der Waals surface area (Å²) in [5, 5.41) is 10.2. The maximum absolute atomic E-state index is 11.5. The Bertz CT molecular complexity index is 378.